The summed E-state index contributed by atoms with van der Waals surface area (Å²) in [7, 11) is 0. The van der Waals surface area contributed by atoms with Crippen molar-refractivity contribution in [3.63, 3.8) is 0 Å². The number of carboxylic acid groups (broad SMARTS) is 1. The second-order valence-corrected chi connectivity index (χ2v) is 6.29. The van der Waals surface area contributed by atoms with Crippen LogP contribution in [0.4, 0.5) is 5.69 Å². The molecular weight excluding hydrogens is 334 g/mol. The van der Waals surface area contributed by atoms with Gasteiger partial charge in [-0.25, -0.2) is 9.97 Å². The fourth-order valence-corrected chi connectivity index (χ4v) is 3.19. The Morgan fingerprint density at radius 1 is 1.48 bits per heavy atom. The van der Waals surface area contributed by atoms with Crippen molar-refractivity contribution in [3.8, 4) is 0 Å². The Bertz CT molecular complexity index is 663. The van der Waals surface area contributed by atoms with Gasteiger partial charge >= 0.3 is 5.97 Å². The van der Waals surface area contributed by atoms with Crippen LogP contribution in [0, 0.1) is 0 Å². The van der Waals surface area contributed by atoms with Gasteiger partial charge in [-0.3, -0.25) is 9.59 Å². The molecule has 0 spiro atoms. The van der Waals surface area contributed by atoms with Crippen molar-refractivity contribution in [1.82, 2.24) is 9.97 Å². The zero-order valence-corrected chi connectivity index (χ0v) is 13.0. The van der Waals surface area contributed by atoms with E-state index >= 15 is 0 Å². The number of thiazole rings is 1. The summed E-state index contributed by atoms with van der Waals surface area (Å²) in [4.78, 5) is 30.3. The number of carbonyl (C=O) groups is 2. The number of amides is 1. The largest absolute Gasteiger partial charge is 0.481 e. The third-order valence-electron chi connectivity index (χ3n) is 2.22. The minimum atomic E-state index is -0.930. The number of anilines is 1. The summed E-state index contributed by atoms with van der Waals surface area (Å²) < 4.78 is 0.652. The number of aliphatic carboxylic acids is 1. The molecule has 0 fully saturated rings. The quantitative estimate of drug-likeness (QED) is 0.618. The standard InChI is InChI=1S/C12H10ClN3O3S2/c13-11-8(2-1-3-14-11)16-9(17)6-21-12-15-7(5-20-12)4-10(18)19/h1-3,5H,4,6H2,(H,16,17)(H,18,19). The van der Waals surface area contributed by atoms with Crippen LogP contribution in [0.5, 0.6) is 0 Å². The molecule has 0 aliphatic heterocycles. The van der Waals surface area contributed by atoms with Gasteiger partial charge in [0.2, 0.25) is 5.91 Å². The number of hydrogen-bond acceptors (Lipinski definition) is 6. The fourth-order valence-electron chi connectivity index (χ4n) is 1.38. The lowest BCUT2D eigenvalue weighted by Gasteiger charge is -2.04. The van der Waals surface area contributed by atoms with Crippen LogP contribution in [0.2, 0.25) is 5.15 Å². The summed E-state index contributed by atoms with van der Waals surface area (Å²) in [5.74, 6) is -1.00. The van der Waals surface area contributed by atoms with E-state index in [1.807, 2.05) is 0 Å². The molecule has 0 saturated carbocycles. The Hall–Kier alpha value is -1.64. The number of halogens is 1. The number of pyridine rings is 1. The summed E-state index contributed by atoms with van der Waals surface area (Å²) in [6.07, 6.45) is 1.42. The highest BCUT2D eigenvalue weighted by atomic mass is 35.5. The molecule has 0 bridgehead atoms. The first-order chi connectivity index (χ1) is 10.0. The molecule has 0 atom stereocenters. The third-order valence-corrected chi connectivity index (χ3v) is 4.59. The van der Waals surface area contributed by atoms with Crippen LogP contribution in [0.25, 0.3) is 0 Å². The van der Waals surface area contributed by atoms with Crippen LogP contribution >= 0.6 is 34.7 Å². The van der Waals surface area contributed by atoms with E-state index in [4.69, 9.17) is 16.7 Å². The lowest BCUT2D eigenvalue weighted by molar-refractivity contribution is -0.136. The van der Waals surface area contributed by atoms with E-state index in [-0.39, 0.29) is 23.2 Å². The van der Waals surface area contributed by atoms with Crippen molar-refractivity contribution >= 4 is 52.3 Å². The van der Waals surface area contributed by atoms with E-state index in [1.165, 1.54) is 29.3 Å². The van der Waals surface area contributed by atoms with E-state index in [0.717, 1.165) is 0 Å². The lowest BCUT2D eigenvalue weighted by Crippen LogP contribution is -2.14. The molecule has 0 aliphatic rings. The molecule has 0 unspecified atom stereocenters. The molecule has 0 radical (unpaired) electrons. The van der Waals surface area contributed by atoms with Crippen molar-refractivity contribution in [3.05, 3.63) is 34.6 Å². The topological polar surface area (TPSA) is 92.2 Å². The van der Waals surface area contributed by atoms with Gasteiger partial charge in [0.05, 0.1) is 23.6 Å². The monoisotopic (exact) mass is 343 g/mol. The molecule has 2 N–H and O–H groups in total. The molecule has 6 nitrogen and oxygen atoms in total. The SMILES string of the molecule is O=C(O)Cc1csc(SCC(=O)Nc2cccnc2Cl)n1. The number of nitrogens with one attached hydrogen (secondary N) is 1. The molecule has 110 valence electrons. The molecule has 0 aromatic carbocycles. The van der Waals surface area contributed by atoms with Gasteiger partial charge < -0.3 is 10.4 Å². The van der Waals surface area contributed by atoms with Gasteiger partial charge in [-0.1, -0.05) is 23.4 Å². The van der Waals surface area contributed by atoms with E-state index in [1.54, 1.807) is 17.5 Å². The highest BCUT2D eigenvalue weighted by Gasteiger charge is 2.10. The summed E-state index contributed by atoms with van der Waals surface area (Å²) in [5.41, 5.74) is 0.946. The average Bonchev–Trinajstić information content (AvgIpc) is 2.86. The summed E-state index contributed by atoms with van der Waals surface area (Å²) in [5, 5.41) is 13.2. The number of carbonyl (C=O) groups excluding carboxylic acids is 1. The molecule has 21 heavy (non-hydrogen) atoms. The van der Waals surface area contributed by atoms with Gasteiger partial charge in [0.15, 0.2) is 9.49 Å². The second-order valence-electron chi connectivity index (χ2n) is 3.85. The van der Waals surface area contributed by atoms with Crippen LogP contribution in [0.1, 0.15) is 5.69 Å². The first kappa shape index (κ1) is 15.7. The van der Waals surface area contributed by atoms with Gasteiger partial charge in [0.25, 0.3) is 0 Å². The highest BCUT2D eigenvalue weighted by molar-refractivity contribution is 8.01. The molecule has 2 aromatic heterocycles. The normalized spacial score (nSPS) is 10.3. The first-order valence-electron chi connectivity index (χ1n) is 5.74. The van der Waals surface area contributed by atoms with Gasteiger partial charge in [-0.05, 0) is 12.1 Å². The minimum absolute atomic E-state index is 0.117. The summed E-state index contributed by atoms with van der Waals surface area (Å²) in [6, 6.07) is 3.33. The van der Waals surface area contributed by atoms with Crippen molar-refractivity contribution in [2.75, 3.05) is 11.1 Å². The Labute approximate surface area is 133 Å². The number of carboxylic acids is 1. The Morgan fingerprint density at radius 2 is 2.29 bits per heavy atom. The Kier molecular flexibility index (Phi) is 5.54. The van der Waals surface area contributed by atoms with Crippen LogP contribution in [-0.2, 0) is 16.0 Å². The number of thioether (sulfide) groups is 1. The van der Waals surface area contributed by atoms with E-state index in [0.29, 0.717) is 15.7 Å². The maximum Gasteiger partial charge on any atom is 0.309 e. The van der Waals surface area contributed by atoms with Crippen molar-refractivity contribution in [1.29, 1.82) is 0 Å². The first-order valence-corrected chi connectivity index (χ1v) is 7.98. The van der Waals surface area contributed by atoms with Gasteiger partial charge in [-0.2, -0.15) is 0 Å². The molecule has 0 aliphatic carbocycles. The van der Waals surface area contributed by atoms with Gasteiger partial charge in [-0.15, -0.1) is 11.3 Å². The predicted octanol–water partition coefficient (Wildman–Crippen LogP) is 2.55. The Morgan fingerprint density at radius 3 is 3.00 bits per heavy atom. The molecule has 1 amide bonds. The van der Waals surface area contributed by atoms with E-state index < -0.39 is 5.97 Å². The second kappa shape index (κ2) is 7.39. The van der Waals surface area contributed by atoms with Crippen LogP contribution in [0.3, 0.4) is 0 Å². The summed E-state index contributed by atoms with van der Waals surface area (Å²) in [6.45, 7) is 0. The fraction of sp³-hybridized carbons (Fsp3) is 0.167. The van der Waals surface area contributed by atoms with Crippen LogP contribution in [-0.4, -0.2) is 32.7 Å². The zero-order chi connectivity index (χ0) is 15.2. The summed E-state index contributed by atoms with van der Waals surface area (Å²) >= 11 is 8.39. The number of rotatable bonds is 6. The van der Waals surface area contributed by atoms with E-state index in [2.05, 4.69) is 15.3 Å². The predicted molar refractivity (Wildman–Crippen MR) is 82.1 cm³/mol. The van der Waals surface area contributed by atoms with Crippen molar-refractivity contribution < 1.29 is 14.7 Å². The molecule has 2 aromatic rings. The van der Waals surface area contributed by atoms with Gasteiger partial charge in [0, 0.05) is 11.6 Å². The highest BCUT2D eigenvalue weighted by Crippen LogP contribution is 2.24. The third kappa shape index (κ3) is 5.00. The van der Waals surface area contributed by atoms with Crippen LogP contribution < -0.4 is 5.32 Å². The maximum atomic E-state index is 11.8. The lowest BCUT2D eigenvalue weighted by atomic mass is 10.3. The molecule has 2 heterocycles. The maximum absolute atomic E-state index is 11.8. The Balaban J connectivity index is 1.85. The van der Waals surface area contributed by atoms with Crippen LogP contribution in [0.15, 0.2) is 28.0 Å². The zero-order valence-electron chi connectivity index (χ0n) is 10.6. The molecule has 2 rings (SSSR count). The number of aromatic nitrogens is 2. The van der Waals surface area contributed by atoms with Crippen molar-refractivity contribution in [2.45, 2.75) is 10.8 Å². The van der Waals surface area contributed by atoms with Crippen molar-refractivity contribution in [2.24, 2.45) is 0 Å². The molecular formula is C12H10ClN3O3S2. The van der Waals surface area contributed by atoms with Gasteiger partial charge in [0.1, 0.15) is 0 Å². The minimum Gasteiger partial charge on any atom is -0.481 e. The smallest absolute Gasteiger partial charge is 0.309 e. The molecule has 9 heteroatoms. The number of nitrogens with zero attached hydrogens (tertiary/aromatic N) is 2. The number of hydrogen-bond donors (Lipinski definition) is 2. The molecule has 0 saturated heterocycles. The average molecular weight is 344 g/mol. The van der Waals surface area contributed by atoms with E-state index in [9.17, 15) is 9.59 Å².